The van der Waals surface area contributed by atoms with Gasteiger partial charge in [-0.3, -0.25) is 0 Å². The molecule has 1 aromatic carbocycles. The summed E-state index contributed by atoms with van der Waals surface area (Å²) in [6, 6.07) is 7.75. The molecule has 11 heavy (non-hydrogen) atoms. The minimum Gasteiger partial charge on any atom is -0.224 e. The van der Waals surface area contributed by atoms with Crippen LogP contribution in [0, 0.1) is 9.64 Å². The predicted molar refractivity (Wildman–Crippen MR) is 51.1 cm³/mol. The highest BCUT2D eigenvalue weighted by Gasteiger charge is 2.09. The normalized spacial score (nSPS) is 11.5. The van der Waals surface area contributed by atoms with Crippen LogP contribution < -0.4 is 0 Å². The summed E-state index contributed by atoms with van der Waals surface area (Å²) in [6.07, 6.45) is 1.19. The molecule has 0 saturated carbocycles. The number of sulfone groups is 1. The Morgan fingerprint density at radius 2 is 2.18 bits per heavy atom. The summed E-state index contributed by atoms with van der Waals surface area (Å²) in [5, 5.41) is 0. The molecule has 0 aliphatic carbocycles. The van der Waals surface area contributed by atoms with Crippen LogP contribution in [0.4, 0.5) is 0 Å². The van der Waals surface area contributed by atoms with E-state index >= 15 is 0 Å². The maximum atomic E-state index is 11.0. The molecular weight excluding hydrogens is 275 g/mol. The van der Waals surface area contributed by atoms with E-state index < -0.39 is 9.84 Å². The van der Waals surface area contributed by atoms with Gasteiger partial charge in [0, 0.05) is 9.83 Å². The van der Waals surface area contributed by atoms with E-state index in [9.17, 15) is 8.42 Å². The van der Waals surface area contributed by atoms with E-state index in [0.29, 0.717) is 8.47 Å². The van der Waals surface area contributed by atoms with Gasteiger partial charge in [-0.25, -0.2) is 8.42 Å². The van der Waals surface area contributed by atoms with Crippen molar-refractivity contribution in [1.29, 1.82) is 0 Å². The van der Waals surface area contributed by atoms with Crippen LogP contribution >= 0.6 is 22.6 Å². The molecular formula is C7H6IO2S. The van der Waals surface area contributed by atoms with Crippen LogP contribution in [0.15, 0.2) is 23.1 Å². The summed E-state index contributed by atoms with van der Waals surface area (Å²) >= 11 is 1.95. The lowest BCUT2D eigenvalue weighted by Crippen LogP contribution is -1.98. The third-order valence-electron chi connectivity index (χ3n) is 1.17. The standard InChI is InChI=1S/C7H6IO2S/c1-11(9,10)7-5-3-2-4-6(7)8/h2-3,5H,1H3. The van der Waals surface area contributed by atoms with Crippen molar-refractivity contribution in [3.63, 3.8) is 0 Å². The number of hydrogen-bond acceptors (Lipinski definition) is 2. The van der Waals surface area contributed by atoms with Crippen LogP contribution in [-0.4, -0.2) is 14.7 Å². The Labute approximate surface area is 79.7 Å². The van der Waals surface area contributed by atoms with Crippen molar-refractivity contribution in [3.8, 4) is 0 Å². The lowest BCUT2D eigenvalue weighted by molar-refractivity contribution is 0.601. The minimum absolute atomic E-state index is 0.348. The maximum absolute atomic E-state index is 11.0. The SMILES string of the molecule is CS(=O)(=O)c1ccc[c]c1I. The molecule has 0 fully saturated rings. The van der Waals surface area contributed by atoms with E-state index in [4.69, 9.17) is 0 Å². The first-order chi connectivity index (χ1) is 5.02. The van der Waals surface area contributed by atoms with Gasteiger partial charge >= 0.3 is 0 Å². The lowest BCUT2D eigenvalue weighted by atomic mass is 10.4. The lowest BCUT2D eigenvalue weighted by Gasteiger charge is -1.98. The quantitative estimate of drug-likeness (QED) is 0.731. The topological polar surface area (TPSA) is 34.1 Å². The zero-order chi connectivity index (χ0) is 8.48. The Kier molecular flexibility index (Phi) is 2.54. The van der Waals surface area contributed by atoms with E-state index in [0.717, 1.165) is 0 Å². The van der Waals surface area contributed by atoms with Gasteiger partial charge < -0.3 is 0 Å². The summed E-state index contributed by atoms with van der Waals surface area (Å²) in [4.78, 5) is 0.348. The van der Waals surface area contributed by atoms with Gasteiger partial charge in [-0.05, 0) is 34.7 Å². The molecule has 0 saturated heterocycles. The molecule has 4 heteroatoms. The largest absolute Gasteiger partial charge is 0.224 e. The molecule has 0 atom stereocenters. The highest BCUT2D eigenvalue weighted by atomic mass is 127. The molecule has 1 rings (SSSR count). The number of halogens is 1. The molecule has 0 N–H and O–H groups in total. The van der Waals surface area contributed by atoms with Crippen molar-refractivity contribution in [1.82, 2.24) is 0 Å². The molecule has 2 nitrogen and oxygen atoms in total. The van der Waals surface area contributed by atoms with Crippen molar-refractivity contribution >= 4 is 32.4 Å². The van der Waals surface area contributed by atoms with Crippen molar-refractivity contribution < 1.29 is 8.42 Å². The first-order valence-corrected chi connectivity index (χ1v) is 5.85. The summed E-state index contributed by atoms with van der Waals surface area (Å²) in [5.74, 6) is 0. The van der Waals surface area contributed by atoms with Gasteiger partial charge in [0.2, 0.25) is 0 Å². The Hall–Kier alpha value is -0.100. The Morgan fingerprint density at radius 1 is 1.55 bits per heavy atom. The summed E-state index contributed by atoms with van der Waals surface area (Å²) in [7, 11) is -3.07. The van der Waals surface area contributed by atoms with E-state index in [2.05, 4.69) is 6.07 Å². The van der Waals surface area contributed by atoms with Gasteiger partial charge in [0.25, 0.3) is 0 Å². The van der Waals surface area contributed by atoms with Crippen LogP contribution in [0.5, 0.6) is 0 Å². The highest BCUT2D eigenvalue weighted by Crippen LogP contribution is 2.15. The zero-order valence-corrected chi connectivity index (χ0v) is 8.81. The van der Waals surface area contributed by atoms with E-state index in [1.165, 1.54) is 6.26 Å². The molecule has 0 aliphatic rings. The smallest absolute Gasteiger partial charge is 0.176 e. The summed E-state index contributed by atoms with van der Waals surface area (Å²) < 4.78 is 22.7. The molecule has 0 aliphatic heterocycles. The average Bonchev–Trinajstić information content (AvgIpc) is 1.86. The molecule has 0 spiro atoms. The van der Waals surface area contributed by atoms with E-state index in [1.807, 2.05) is 22.6 Å². The van der Waals surface area contributed by atoms with Crippen LogP contribution in [0.3, 0.4) is 0 Å². The molecule has 1 radical (unpaired) electrons. The fraction of sp³-hybridized carbons (Fsp3) is 0.143. The Morgan fingerprint density at radius 3 is 2.55 bits per heavy atom. The van der Waals surface area contributed by atoms with Crippen molar-refractivity contribution in [2.45, 2.75) is 4.90 Å². The van der Waals surface area contributed by atoms with Gasteiger partial charge in [0.05, 0.1) is 4.90 Å². The number of rotatable bonds is 1. The second-order valence-electron chi connectivity index (χ2n) is 2.12. The fourth-order valence-corrected chi connectivity index (χ4v) is 2.96. The monoisotopic (exact) mass is 281 g/mol. The van der Waals surface area contributed by atoms with Crippen LogP contribution in [0.1, 0.15) is 0 Å². The molecule has 0 aromatic heterocycles. The second kappa shape index (κ2) is 3.10. The Balaban J connectivity index is 3.37. The fourth-order valence-electron chi connectivity index (χ4n) is 0.687. The first kappa shape index (κ1) is 8.99. The third kappa shape index (κ3) is 2.16. The van der Waals surface area contributed by atoms with E-state index in [-0.39, 0.29) is 0 Å². The van der Waals surface area contributed by atoms with E-state index in [1.54, 1.807) is 18.2 Å². The van der Waals surface area contributed by atoms with Crippen molar-refractivity contribution in [2.24, 2.45) is 0 Å². The van der Waals surface area contributed by atoms with Crippen molar-refractivity contribution in [3.05, 3.63) is 27.8 Å². The molecule has 0 amide bonds. The molecule has 1 aromatic rings. The van der Waals surface area contributed by atoms with Gasteiger partial charge in [0.1, 0.15) is 0 Å². The second-order valence-corrected chi connectivity index (χ2v) is 5.18. The van der Waals surface area contributed by atoms with Crippen LogP contribution in [0.2, 0.25) is 0 Å². The Bertz CT molecular complexity index is 356. The van der Waals surface area contributed by atoms with Gasteiger partial charge in [0.15, 0.2) is 9.84 Å². The molecule has 0 bridgehead atoms. The molecule has 0 unspecified atom stereocenters. The molecule has 59 valence electrons. The zero-order valence-electron chi connectivity index (χ0n) is 5.83. The van der Waals surface area contributed by atoms with Crippen LogP contribution in [0.25, 0.3) is 0 Å². The van der Waals surface area contributed by atoms with Crippen LogP contribution in [-0.2, 0) is 9.84 Å². The van der Waals surface area contributed by atoms with Gasteiger partial charge in [-0.15, -0.1) is 0 Å². The minimum atomic E-state index is -3.07. The first-order valence-electron chi connectivity index (χ1n) is 2.88. The number of benzene rings is 1. The maximum Gasteiger partial charge on any atom is 0.176 e. The van der Waals surface area contributed by atoms with Gasteiger partial charge in [-0.2, -0.15) is 0 Å². The number of hydrogen-bond donors (Lipinski definition) is 0. The van der Waals surface area contributed by atoms with Crippen molar-refractivity contribution in [2.75, 3.05) is 6.26 Å². The predicted octanol–water partition coefficient (Wildman–Crippen LogP) is 1.49. The molecule has 0 heterocycles. The third-order valence-corrected chi connectivity index (χ3v) is 3.57. The van der Waals surface area contributed by atoms with Gasteiger partial charge in [-0.1, -0.05) is 12.1 Å². The highest BCUT2D eigenvalue weighted by molar-refractivity contribution is 14.1. The summed E-state index contributed by atoms with van der Waals surface area (Å²) in [5.41, 5.74) is 0. The summed E-state index contributed by atoms with van der Waals surface area (Å²) in [6.45, 7) is 0. The average molecular weight is 281 g/mol.